The van der Waals surface area contributed by atoms with E-state index in [1.54, 1.807) is 18.2 Å². The lowest BCUT2D eigenvalue weighted by Crippen LogP contribution is -2.14. The van der Waals surface area contributed by atoms with Crippen LogP contribution in [0.15, 0.2) is 72.8 Å². The van der Waals surface area contributed by atoms with Gasteiger partial charge in [-0.15, -0.1) is 0 Å². The number of hydrogen-bond acceptors (Lipinski definition) is 6. The van der Waals surface area contributed by atoms with E-state index in [4.69, 9.17) is 0 Å². The number of anilines is 2. The van der Waals surface area contributed by atoms with Crippen LogP contribution in [-0.4, -0.2) is 27.1 Å². The van der Waals surface area contributed by atoms with Crippen LogP contribution in [0.5, 0.6) is 0 Å². The number of nitro groups is 2. The van der Waals surface area contributed by atoms with E-state index in [-0.39, 0.29) is 28.0 Å². The van der Waals surface area contributed by atoms with E-state index in [0.29, 0.717) is 11.4 Å². The van der Waals surface area contributed by atoms with Crippen LogP contribution in [0.25, 0.3) is 0 Å². The maximum absolute atomic E-state index is 12.4. The van der Waals surface area contributed by atoms with Crippen molar-refractivity contribution in [2.45, 2.75) is 0 Å². The van der Waals surface area contributed by atoms with Gasteiger partial charge in [-0.25, -0.2) is 0 Å². The van der Waals surface area contributed by atoms with Crippen molar-refractivity contribution in [2.24, 2.45) is 0 Å². The van der Waals surface area contributed by atoms with Crippen LogP contribution in [0.3, 0.4) is 0 Å². The van der Waals surface area contributed by atoms with Crippen molar-refractivity contribution in [1.29, 1.82) is 0 Å². The number of hydrogen-bond donors (Lipinski definition) is 2. The van der Waals surface area contributed by atoms with Crippen LogP contribution in [0.2, 0.25) is 0 Å². The molecule has 0 spiro atoms. The summed E-state index contributed by atoms with van der Waals surface area (Å²) in [6, 6.07) is 16.8. The van der Waals surface area contributed by atoms with Gasteiger partial charge in [-0.1, -0.05) is 18.2 Å². The van der Waals surface area contributed by atoms with Gasteiger partial charge in [-0.2, -0.15) is 0 Å². The van der Waals surface area contributed by atoms with Gasteiger partial charge in [0.2, 0.25) is 0 Å². The minimum Gasteiger partial charge on any atom is -0.412 e. The Bertz CT molecular complexity index is 1080. The molecular formula is C20H16N4O7. The molecule has 0 aliphatic rings. The Morgan fingerprint density at radius 2 is 1.03 bits per heavy atom. The quantitative estimate of drug-likeness (QED) is 0.453. The summed E-state index contributed by atoms with van der Waals surface area (Å²) in [7, 11) is 0. The molecule has 0 saturated carbocycles. The molecule has 3 aromatic rings. The van der Waals surface area contributed by atoms with Crippen molar-refractivity contribution in [3.63, 3.8) is 0 Å². The zero-order valence-electron chi connectivity index (χ0n) is 15.8. The summed E-state index contributed by atoms with van der Waals surface area (Å²) in [5.74, 6) is -1.11. The lowest BCUT2D eigenvalue weighted by atomic mass is 10.1. The normalized spacial score (nSPS) is 9.81. The molecule has 0 heterocycles. The van der Waals surface area contributed by atoms with Crippen molar-refractivity contribution >= 4 is 34.6 Å². The van der Waals surface area contributed by atoms with Crippen molar-refractivity contribution < 1.29 is 24.9 Å². The zero-order chi connectivity index (χ0) is 21.7. The highest BCUT2D eigenvalue weighted by atomic mass is 16.6. The minimum absolute atomic E-state index is 0. The molecule has 0 aliphatic heterocycles. The SMILES string of the molecule is O.O=C(Nc1cccc(NC(=O)c2cccc([N+](=O)[O-])c2)c1)c1cccc([N+](=O)[O-])c1. The van der Waals surface area contributed by atoms with E-state index in [1.807, 2.05) is 0 Å². The molecule has 11 nitrogen and oxygen atoms in total. The van der Waals surface area contributed by atoms with E-state index in [1.165, 1.54) is 42.5 Å². The molecule has 0 bridgehead atoms. The van der Waals surface area contributed by atoms with E-state index in [9.17, 15) is 29.8 Å². The number of amides is 2. The van der Waals surface area contributed by atoms with Gasteiger partial charge in [0.15, 0.2) is 0 Å². The molecule has 0 atom stereocenters. The topological polar surface area (TPSA) is 176 Å². The zero-order valence-corrected chi connectivity index (χ0v) is 15.8. The fourth-order valence-corrected chi connectivity index (χ4v) is 2.60. The average Bonchev–Trinajstić information content (AvgIpc) is 2.74. The molecule has 4 N–H and O–H groups in total. The Morgan fingerprint density at radius 3 is 1.42 bits per heavy atom. The number of non-ortho nitro benzene ring substituents is 2. The average molecular weight is 424 g/mol. The van der Waals surface area contributed by atoms with E-state index < -0.39 is 21.7 Å². The van der Waals surface area contributed by atoms with Crippen molar-refractivity contribution in [3.05, 3.63) is 104 Å². The number of carbonyl (C=O) groups excluding carboxylic acids is 2. The first kappa shape index (κ1) is 22.6. The third-order valence-corrected chi connectivity index (χ3v) is 4.02. The largest absolute Gasteiger partial charge is 0.412 e. The van der Waals surface area contributed by atoms with E-state index in [0.717, 1.165) is 12.1 Å². The number of nitrogens with zero attached hydrogens (tertiary/aromatic N) is 2. The molecule has 3 aromatic carbocycles. The Labute approximate surface area is 174 Å². The summed E-state index contributed by atoms with van der Waals surface area (Å²) in [4.78, 5) is 45.2. The predicted octanol–water partition coefficient (Wildman–Crippen LogP) is 3.18. The van der Waals surface area contributed by atoms with Crippen LogP contribution < -0.4 is 10.6 Å². The molecular weight excluding hydrogens is 408 g/mol. The molecule has 11 heteroatoms. The number of benzene rings is 3. The Kier molecular flexibility index (Phi) is 7.10. The van der Waals surface area contributed by atoms with Crippen LogP contribution in [0.4, 0.5) is 22.7 Å². The maximum Gasteiger partial charge on any atom is 0.270 e. The van der Waals surface area contributed by atoms with Gasteiger partial charge in [-0.3, -0.25) is 29.8 Å². The van der Waals surface area contributed by atoms with Crippen molar-refractivity contribution in [1.82, 2.24) is 0 Å². The summed E-state index contributed by atoms with van der Waals surface area (Å²) in [5, 5.41) is 26.9. The van der Waals surface area contributed by atoms with E-state index >= 15 is 0 Å². The Balaban J connectivity index is 0.00000341. The molecule has 2 amide bonds. The first-order valence-electron chi connectivity index (χ1n) is 8.55. The minimum atomic E-state index is -0.596. The highest BCUT2D eigenvalue weighted by molar-refractivity contribution is 6.06. The summed E-state index contributed by atoms with van der Waals surface area (Å²) in [6.45, 7) is 0. The second kappa shape index (κ2) is 9.71. The van der Waals surface area contributed by atoms with Gasteiger partial charge in [0, 0.05) is 46.8 Å². The summed E-state index contributed by atoms with van der Waals surface area (Å²) in [5.41, 5.74) is 0.499. The number of rotatable bonds is 6. The standard InChI is InChI=1S/C20H14N4O6.H2O/c25-19(13-4-1-8-17(10-13)23(27)28)21-15-6-3-7-16(12-15)22-20(26)14-5-2-9-18(11-14)24(29)30;/h1-12H,(H,21,25)(H,22,26);1H2. The van der Waals surface area contributed by atoms with Gasteiger partial charge in [0.1, 0.15) is 0 Å². The molecule has 0 aliphatic carbocycles. The Morgan fingerprint density at radius 1 is 0.645 bits per heavy atom. The molecule has 158 valence electrons. The fraction of sp³-hybridized carbons (Fsp3) is 0. The molecule has 0 radical (unpaired) electrons. The lowest BCUT2D eigenvalue weighted by molar-refractivity contribution is -0.385. The first-order valence-corrected chi connectivity index (χ1v) is 8.55. The van der Waals surface area contributed by atoms with Crippen molar-refractivity contribution in [3.8, 4) is 0 Å². The molecule has 0 unspecified atom stereocenters. The molecule has 3 rings (SSSR count). The summed E-state index contributed by atoms with van der Waals surface area (Å²) in [6.07, 6.45) is 0. The lowest BCUT2D eigenvalue weighted by Gasteiger charge is -2.09. The third kappa shape index (κ3) is 5.68. The number of nitro benzene ring substituents is 2. The maximum atomic E-state index is 12.4. The summed E-state index contributed by atoms with van der Waals surface area (Å²) < 4.78 is 0. The van der Waals surface area contributed by atoms with Crippen LogP contribution in [0, 0.1) is 20.2 Å². The van der Waals surface area contributed by atoms with Gasteiger partial charge >= 0.3 is 0 Å². The molecule has 0 fully saturated rings. The van der Waals surface area contributed by atoms with Crippen LogP contribution in [0.1, 0.15) is 20.7 Å². The highest BCUT2D eigenvalue weighted by Crippen LogP contribution is 2.20. The highest BCUT2D eigenvalue weighted by Gasteiger charge is 2.14. The number of carbonyl (C=O) groups is 2. The molecule has 0 aromatic heterocycles. The van der Waals surface area contributed by atoms with Crippen LogP contribution >= 0.6 is 0 Å². The van der Waals surface area contributed by atoms with Gasteiger partial charge < -0.3 is 16.1 Å². The fourth-order valence-electron chi connectivity index (χ4n) is 2.60. The number of nitrogens with one attached hydrogen (secondary N) is 2. The smallest absolute Gasteiger partial charge is 0.270 e. The van der Waals surface area contributed by atoms with Crippen LogP contribution in [-0.2, 0) is 0 Å². The second-order valence-electron chi connectivity index (χ2n) is 6.10. The van der Waals surface area contributed by atoms with Crippen molar-refractivity contribution in [2.75, 3.05) is 10.6 Å². The monoisotopic (exact) mass is 424 g/mol. The summed E-state index contributed by atoms with van der Waals surface area (Å²) >= 11 is 0. The van der Waals surface area contributed by atoms with Gasteiger partial charge in [0.25, 0.3) is 23.2 Å². The Hall–Kier alpha value is -4.64. The first-order chi connectivity index (χ1) is 14.3. The third-order valence-electron chi connectivity index (χ3n) is 4.02. The van der Waals surface area contributed by atoms with Gasteiger partial charge in [0.05, 0.1) is 9.85 Å². The van der Waals surface area contributed by atoms with Gasteiger partial charge in [-0.05, 0) is 30.3 Å². The molecule has 31 heavy (non-hydrogen) atoms. The van der Waals surface area contributed by atoms with E-state index in [2.05, 4.69) is 10.6 Å². The second-order valence-corrected chi connectivity index (χ2v) is 6.10. The molecule has 0 saturated heterocycles. The predicted molar refractivity (Wildman–Crippen MR) is 112 cm³/mol.